The Morgan fingerprint density at radius 2 is 1.65 bits per heavy atom. The van der Waals surface area contributed by atoms with Gasteiger partial charge < -0.3 is 5.32 Å². The maximum Gasteiger partial charge on any atom is 0.406 e. The standard InChI is InChI=1S/C10H13F6N3S/c1-2-4-17-5-3-6-18-19-8(20-6)7(9(11,12)13)10(14,15)16/h7,17H,2-5H2,1H3. The molecule has 1 heterocycles. The third-order valence-corrected chi connectivity index (χ3v) is 3.37. The molecule has 0 atom stereocenters. The van der Waals surface area contributed by atoms with Gasteiger partial charge in [-0.2, -0.15) is 26.3 Å². The zero-order chi connectivity index (χ0) is 15.4. The number of alkyl halides is 6. The van der Waals surface area contributed by atoms with Gasteiger partial charge in [-0.3, -0.25) is 0 Å². The lowest BCUT2D eigenvalue weighted by Gasteiger charge is -2.20. The van der Waals surface area contributed by atoms with Gasteiger partial charge in [-0.1, -0.05) is 6.92 Å². The van der Waals surface area contributed by atoms with Crippen molar-refractivity contribution in [2.75, 3.05) is 13.1 Å². The summed E-state index contributed by atoms with van der Waals surface area (Å²) in [5, 5.41) is 8.51. The summed E-state index contributed by atoms with van der Waals surface area (Å²) >= 11 is 0.351. The molecule has 20 heavy (non-hydrogen) atoms. The lowest BCUT2D eigenvalue weighted by Crippen LogP contribution is -2.34. The lowest BCUT2D eigenvalue weighted by atomic mass is 10.1. The Morgan fingerprint density at radius 3 is 2.15 bits per heavy atom. The first-order valence-electron chi connectivity index (χ1n) is 5.82. The summed E-state index contributed by atoms with van der Waals surface area (Å²) in [6, 6.07) is 0. The van der Waals surface area contributed by atoms with Gasteiger partial charge in [-0.25, -0.2) is 0 Å². The smallest absolute Gasteiger partial charge is 0.316 e. The van der Waals surface area contributed by atoms with E-state index in [0.29, 0.717) is 17.9 Å². The van der Waals surface area contributed by atoms with Crippen LogP contribution in [0.3, 0.4) is 0 Å². The normalized spacial score (nSPS) is 13.2. The van der Waals surface area contributed by atoms with Crippen LogP contribution in [0.5, 0.6) is 0 Å². The molecule has 0 aromatic carbocycles. The van der Waals surface area contributed by atoms with Crippen LogP contribution < -0.4 is 5.32 Å². The van der Waals surface area contributed by atoms with Gasteiger partial charge in [0.1, 0.15) is 10.0 Å². The number of nitrogens with zero attached hydrogens (tertiary/aromatic N) is 2. The van der Waals surface area contributed by atoms with E-state index in [1.165, 1.54) is 0 Å². The monoisotopic (exact) mass is 321 g/mol. The molecule has 0 aliphatic heterocycles. The van der Waals surface area contributed by atoms with Crippen molar-refractivity contribution in [1.82, 2.24) is 15.5 Å². The zero-order valence-corrected chi connectivity index (χ0v) is 11.3. The first-order valence-corrected chi connectivity index (χ1v) is 6.64. The average Bonchev–Trinajstić information content (AvgIpc) is 2.68. The van der Waals surface area contributed by atoms with Crippen molar-refractivity contribution < 1.29 is 26.3 Å². The van der Waals surface area contributed by atoms with Crippen molar-refractivity contribution in [2.24, 2.45) is 0 Å². The summed E-state index contributed by atoms with van der Waals surface area (Å²) in [6.45, 7) is 3.10. The fraction of sp³-hybridized carbons (Fsp3) is 0.800. The highest BCUT2D eigenvalue weighted by Crippen LogP contribution is 2.46. The van der Waals surface area contributed by atoms with E-state index in [1.54, 1.807) is 0 Å². The van der Waals surface area contributed by atoms with E-state index in [-0.39, 0.29) is 11.4 Å². The Hall–Kier alpha value is -0.900. The number of rotatable bonds is 6. The van der Waals surface area contributed by atoms with Crippen LogP contribution in [0, 0.1) is 0 Å². The van der Waals surface area contributed by atoms with Crippen LogP contribution in [-0.4, -0.2) is 35.6 Å². The molecule has 0 spiro atoms. The Labute approximate surface area is 115 Å². The van der Waals surface area contributed by atoms with E-state index < -0.39 is 23.3 Å². The average molecular weight is 321 g/mol. The number of hydrogen-bond donors (Lipinski definition) is 1. The fourth-order valence-corrected chi connectivity index (χ4v) is 2.44. The van der Waals surface area contributed by atoms with Crippen LogP contribution in [-0.2, 0) is 6.42 Å². The van der Waals surface area contributed by atoms with E-state index in [2.05, 4.69) is 15.5 Å². The molecule has 0 unspecified atom stereocenters. The van der Waals surface area contributed by atoms with Crippen molar-refractivity contribution in [3.8, 4) is 0 Å². The molecule has 0 amide bonds. The molecule has 0 fully saturated rings. The third-order valence-electron chi connectivity index (χ3n) is 2.33. The molecule has 3 nitrogen and oxygen atoms in total. The molecule has 0 saturated carbocycles. The van der Waals surface area contributed by atoms with Gasteiger partial charge in [0.25, 0.3) is 0 Å². The molecule has 0 aliphatic rings. The molecule has 0 saturated heterocycles. The Bertz CT molecular complexity index is 400. The van der Waals surface area contributed by atoms with E-state index in [1.807, 2.05) is 6.92 Å². The molecular weight excluding hydrogens is 308 g/mol. The molecule has 0 radical (unpaired) electrons. The highest BCUT2D eigenvalue weighted by atomic mass is 32.1. The molecule has 0 aliphatic carbocycles. The molecule has 116 valence electrons. The highest BCUT2D eigenvalue weighted by molar-refractivity contribution is 7.11. The van der Waals surface area contributed by atoms with E-state index in [0.717, 1.165) is 13.0 Å². The quantitative estimate of drug-likeness (QED) is 0.645. The Balaban J connectivity index is 2.77. The largest absolute Gasteiger partial charge is 0.406 e. The predicted octanol–water partition coefficient (Wildman–Crippen LogP) is 3.29. The van der Waals surface area contributed by atoms with Crippen molar-refractivity contribution in [3.63, 3.8) is 0 Å². The van der Waals surface area contributed by atoms with Gasteiger partial charge in [-0.15, -0.1) is 21.5 Å². The van der Waals surface area contributed by atoms with Gasteiger partial charge in [0, 0.05) is 13.0 Å². The minimum absolute atomic E-state index is 0.155. The molecule has 1 aromatic heterocycles. The first-order chi connectivity index (χ1) is 9.16. The molecular formula is C10H13F6N3S. The van der Waals surface area contributed by atoms with Gasteiger partial charge >= 0.3 is 12.4 Å². The second-order valence-electron chi connectivity index (χ2n) is 4.05. The van der Waals surface area contributed by atoms with Gasteiger partial charge in [0.05, 0.1) is 0 Å². The molecule has 1 aromatic rings. The maximum absolute atomic E-state index is 12.5. The second-order valence-corrected chi connectivity index (χ2v) is 5.14. The van der Waals surface area contributed by atoms with Crippen molar-refractivity contribution >= 4 is 11.3 Å². The molecule has 10 heteroatoms. The number of aromatic nitrogens is 2. The number of halogens is 6. The minimum atomic E-state index is -5.42. The van der Waals surface area contributed by atoms with E-state index in [4.69, 9.17) is 0 Å². The number of nitrogens with one attached hydrogen (secondary N) is 1. The summed E-state index contributed by atoms with van der Waals surface area (Å²) in [4.78, 5) is 0. The van der Waals surface area contributed by atoms with Crippen molar-refractivity contribution in [1.29, 1.82) is 0 Å². The maximum atomic E-state index is 12.5. The van der Waals surface area contributed by atoms with Crippen LogP contribution in [0.25, 0.3) is 0 Å². The van der Waals surface area contributed by atoms with Crippen LogP contribution in [0.1, 0.15) is 29.3 Å². The van der Waals surface area contributed by atoms with Crippen LogP contribution in [0.15, 0.2) is 0 Å². The van der Waals surface area contributed by atoms with Gasteiger partial charge in [0.2, 0.25) is 5.92 Å². The fourth-order valence-electron chi connectivity index (χ4n) is 1.45. The van der Waals surface area contributed by atoms with Crippen molar-refractivity contribution in [3.05, 3.63) is 10.0 Å². The van der Waals surface area contributed by atoms with Crippen molar-refractivity contribution in [2.45, 2.75) is 38.0 Å². The van der Waals surface area contributed by atoms with Gasteiger partial charge in [0.15, 0.2) is 0 Å². The van der Waals surface area contributed by atoms with Crippen LogP contribution >= 0.6 is 11.3 Å². The Morgan fingerprint density at radius 1 is 1.05 bits per heavy atom. The topological polar surface area (TPSA) is 37.8 Å². The molecule has 0 bridgehead atoms. The summed E-state index contributed by atoms with van der Waals surface area (Å²) in [7, 11) is 0. The summed E-state index contributed by atoms with van der Waals surface area (Å²) in [5.41, 5.74) is 0. The lowest BCUT2D eigenvalue weighted by molar-refractivity contribution is -0.253. The van der Waals surface area contributed by atoms with E-state index in [9.17, 15) is 26.3 Å². The zero-order valence-electron chi connectivity index (χ0n) is 10.5. The first kappa shape index (κ1) is 17.2. The second kappa shape index (κ2) is 6.70. The highest BCUT2D eigenvalue weighted by Gasteiger charge is 2.59. The van der Waals surface area contributed by atoms with Crippen LogP contribution in [0.4, 0.5) is 26.3 Å². The molecule has 1 N–H and O–H groups in total. The molecule has 1 rings (SSSR count). The van der Waals surface area contributed by atoms with Crippen LogP contribution in [0.2, 0.25) is 0 Å². The predicted molar refractivity (Wildman–Crippen MR) is 61.6 cm³/mol. The SMILES string of the molecule is CCCNCCc1nnc(C(C(F)(F)F)C(F)(F)F)s1. The Kier molecular flexibility index (Phi) is 5.75. The third kappa shape index (κ3) is 4.89. The van der Waals surface area contributed by atoms with E-state index >= 15 is 0 Å². The summed E-state index contributed by atoms with van der Waals surface area (Å²) < 4.78 is 74.8. The van der Waals surface area contributed by atoms with Gasteiger partial charge in [-0.05, 0) is 13.0 Å². The minimum Gasteiger partial charge on any atom is -0.316 e. The summed E-state index contributed by atoms with van der Waals surface area (Å²) in [5.74, 6) is -3.56. The summed E-state index contributed by atoms with van der Waals surface area (Å²) in [6.07, 6.45) is -9.71. The number of hydrogen-bond acceptors (Lipinski definition) is 4.